The highest BCUT2D eigenvalue weighted by Gasteiger charge is 2.12. The van der Waals surface area contributed by atoms with E-state index in [1.165, 1.54) is 11.1 Å². The van der Waals surface area contributed by atoms with E-state index in [9.17, 15) is 0 Å². The summed E-state index contributed by atoms with van der Waals surface area (Å²) < 4.78 is 12.3. The molecular formula is C40H37N3O2. The second kappa shape index (κ2) is 14.2. The van der Waals surface area contributed by atoms with E-state index >= 15 is 0 Å². The summed E-state index contributed by atoms with van der Waals surface area (Å²) >= 11 is 0. The predicted octanol–water partition coefficient (Wildman–Crippen LogP) is 10.7. The Morgan fingerprint density at radius 2 is 0.956 bits per heavy atom. The number of hydrogen-bond donors (Lipinski definition) is 2. The summed E-state index contributed by atoms with van der Waals surface area (Å²) in [6.07, 6.45) is 0. The summed E-state index contributed by atoms with van der Waals surface area (Å²) in [5.41, 5.74) is 9.57. The zero-order chi connectivity index (χ0) is 30.8. The van der Waals surface area contributed by atoms with Gasteiger partial charge in [-0.1, -0.05) is 71.8 Å². The number of hydrogen-bond acceptors (Lipinski definition) is 5. The van der Waals surface area contributed by atoms with Gasteiger partial charge in [0, 0.05) is 34.1 Å². The molecule has 5 nitrogen and oxygen atoms in total. The Hall–Kier alpha value is -5.68. The van der Waals surface area contributed by atoms with Gasteiger partial charge in [0.15, 0.2) is 0 Å². The molecule has 0 spiro atoms. The smallest absolute Gasteiger partial charge is 0.143 e. The minimum Gasteiger partial charge on any atom is -0.490 e. The maximum Gasteiger partial charge on any atom is 0.143 e. The maximum absolute atomic E-state index is 6.23. The van der Waals surface area contributed by atoms with Crippen LogP contribution in [0.4, 0.5) is 39.8 Å². The van der Waals surface area contributed by atoms with Crippen molar-refractivity contribution in [3.63, 3.8) is 0 Å². The number of aryl methyl sites for hydroxylation is 2. The Kier molecular flexibility index (Phi) is 9.27. The summed E-state index contributed by atoms with van der Waals surface area (Å²) in [6, 6.07) is 51.7. The molecule has 0 bridgehead atoms. The standard InChI is InChI=1S/C40H37N3O2/c1-30-13-17-32(18-14-30)41-34-21-26-40(39(29-34)42-33-19-15-31(2)16-20-33)45-28-27-44-38-24-22-37(23-25-38)43(35-9-5-3-6-10-35)36-11-7-4-8-12-36/h3-26,29,41-42H,27-28H2,1-2H3. The Morgan fingerprint density at radius 1 is 0.467 bits per heavy atom. The lowest BCUT2D eigenvalue weighted by molar-refractivity contribution is 0.218. The van der Waals surface area contributed by atoms with Crippen molar-refractivity contribution in [1.82, 2.24) is 0 Å². The third-order valence-electron chi connectivity index (χ3n) is 7.38. The van der Waals surface area contributed by atoms with Crippen LogP contribution >= 0.6 is 0 Å². The zero-order valence-electron chi connectivity index (χ0n) is 25.6. The first-order valence-electron chi connectivity index (χ1n) is 15.2. The largest absolute Gasteiger partial charge is 0.490 e. The van der Waals surface area contributed by atoms with Gasteiger partial charge >= 0.3 is 0 Å². The van der Waals surface area contributed by atoms with Gasteiger partial charge in [0.05, 0.1) is 5.69 Å². The molecule has 0 atom stereocenters. The molecule has 5 heteroatoms. The quantitative estimate of drug-likeness (QED) is 0.139. The fourth-order valence-electron chi connectivity index (χ4n) is 5.03. The molecule has 0 heterocycles. The highest BCUT2D eigenvalue weighted by molar-refractivity contribution is 5.77. The average molecular weight is 592 g/mol. The van der Waals surface area contributed by atoms with Gasteiger partial charge in [-0.3, -0.25) is 0 Å². The first-order chi connectivity index (χ1) is 22.1. The van der Waals surface area contributed by atoms with Gasteiger partial charge in [0.1, 0.15) is 24.7 Å². The molecule has 0 unspecified atom stereocenters. The van der Waals surface area contributed by atoms with Crippen molar-refractivity contribution in [3.05, 3.63) is 163 Å². The minimum absolute atomic E-state index is 0.398. The van der Waals surface area contributed by atoms with Gasteiger partial charge in [0.25, 0.3) is 0 Å². The van der Waals surface area contributed by atoms with Crippen LogP contribution in [0.25, 0.3) is 0 Å². The van der Waals surface area contributed by atoms with E-state index in [1.807, 2.05) is 36.4 Å². The Bertz CT molecular complexity index is 1750. The van der Waals surface area contributed by atoms with Gasteiger partial charge in [-0.25, -0.2) is 0 Å². The molecule has 0 fully saturated rings. The van der Waals surface area contributed by atoms with Crippen molar-refractivity contribution >= 4 is 39.8 Å². The van der Waals surface area contributed by atoms with Gasteiger partial charge < -0.3 is 25.0 Å². The van der Waals surface area contributed by atoms with Crippen molar-refractivity contribution in [2.24, 2.45) is 0 Å². The van der Waals surface area contributed by atoms with Crippen LogP contribution in [0.15, 0.2) is 152 Å². The minimum atomic E-state index is 0.398. The third-order valence-corrected chi connectivity index (χ3v) is 7.38. The molecule has 0 aliphatic carbocycles. The summed E-state index contributed by atoms with van der Waals surface area (Å²) in [6.45, 7) is 4.98. The van der Waals surface area contributed by atoms with E-state index in [0.717, 1.165) is 51.3 Å². The SMILES string of the molecule is Cc1ccc(Nc2ccc(OCCOc3ccc(N(c4ccccc4)c4ccccc4)cc3)c(Nc3ccc(C)cc3)c2)cc1. The molecule has 0 saturated heterocycles. The van der Waals surface area contributed by atoms with Crippen LogP contribution in [-0.2, 0) is 0 Å². The van der Waals surface area contributed by atoms with Crippen LogP contribution in [-0.4, -0.2) is 13.2 Å². The molecule has 6 aromatic carbocycles. The zero-order valence-corrected chi connectivity index (χ0v) is 25.6. The monoisotopic (exact) mass is 591 g/mol. The molecule has 6 rings (SSSR count). The van der Waals surface area contributed by atoms with Crippen molar-refractivity contribution in [1.29, 1.82) is 0 Å². The second-order valence-corrected chi connectivity index (χ2v) is 10.9. The molecular weight excluding hydrogens is 554 g/mol. The van der Waals surface area contributed by atoms with Crippen LogP contribution < -0.4 is 25.0 Å². The first kappa shape index (κ1) is 29.4. The highest BCUT2D eigenvalue weighted by Crippen LogP contribution is 2.35. The van der Waals surface area contributed by atoms with Crippen molar-refractivity contribution in [2.45, 2.75) is 13.8 Å². The van der Waals surface area contributed by atoms with Gasteiger partial charge in [-0.05, 0) is 105 Å². The Labute approximate surface area is 265 Å². The number of rotatable bonds is 12. The van der Waals surface area contributed by atoms with E-state index in [2.05, 4.69) is 145 Å². The fourth-order valence-corrected chi connectivity index (χ4v) is 5.03. The second-order valence-electron chi connectivity index (χ2n) is 10.9. The third kappa shape index (κ3) is 7.84. The van der Waals surface area contributed by atoms with Crippen LogP contribution in [0.1, 0.15) is 11.1 Å². The van der Waals surface area contributed by atoms with Gasteiger partial charge in [0.2, 0.25) is 0 Å². The predicted molar refractivity (Wildman–Crippen MR) is 187 cm³/mol. The molecule has 2 N–H and O–H groups in total. The van der Waals surface area contributed by atoms with E-state index in [0.29, 0.717) is 13.2 Å². The number of ether oxygens (including phenoxy) is 2. The van der Waals surface area contributed by atoms with E-state index in [1.54, 1.807) is 0 Å². The summed E-state index contributed by atoms with van der Waals surface area (Å²) in [5.74, 6) is 1.55. The molecule has 0 saturated carbocycles. The highest BCUT2D eigenvalue weighted by atomic mass is 16.5. The molecule has 6 aromatic rings. The van der Waals surface area contributed by atoms with Crippen LogP contribution in [0.3, 0.4) is 0 Å². The maximum atomic E-state index is 6.23. The fraction of sp³-hybridized carbons (Fsp3) is 0.100. The average Bonchev–Trinajstić information content (AvgIpc) is 3.08. The Balaban J connectivity index is 1.12. The lowest BCUT2D eigenvalue weighted by Gasteiger charge is -2.25. The van der Waals surface area contributed by atoms with Crippen LogP contribution in [0.2, 0.25) is 0 Å². The summed E-state index contributed by atoms with van der Waals surface area (Å²) in [4.78, 5) is 2.23. The van der Waals surface area contributed by atoms with Gasteiger partial charge in [-0.15, -0.1) is 0 Å². The lowest BCUT2D eigenvalue weighted by atomic mass is 10.2. The van der Waals surface area contributed by atoms with Crippen molar-refractivity contribution in [2.75, 3.05) is 28.7 Å². The molecule has 0 radical (unpaired) electrons. The van der Waals surface area contributed by atoms with Crippen molar-refractivity contribution < 1.29 is 9.47 Å². The number of nitrogens with zero attached hydrogens (tertiary/aromatic N) is 1. The van der Waals surface area contributed by atoms with E-state index in [-0.39, 0.29) is 0 Å². The first-order valence-corrected chi connectivity index (χ1v) is 15.2. The summed E-state index contributed by atoms with van der Waals surface area (Å²) in [5, 5.41) is 7.02. The number of anilines is 7. The molecule has 45 heavy (non-hydrogen) atoms. The van der Waals surface area contributed by atoms with E-state index < -0.39 is 0 Å². The molecule has 0 amide bonds. The van der Waals surface area contributed by atoms with Crippen LogP contribution in [0, 0.1) is 13.8 Å². The lowest BCUT2D eigenvalue weighted by Crippen LogP contribution is -2.11. The normalized spacial score (nSPS) is 10.6. The number of para-hydroxylation sites is 2. The van der Waals surface area contributed by atoms with E-state index in [4.69, 9.17) is 9.47 Å². The molecule has 0 aliphatic heterocycles. The molecule has 224 valence electrons. The summed E-state index contributed by atoms with van der Waals surface area (Å²) in [7, 11) is 0. The number of benzene rings is 6. The molecule has 0 aliphatic rings. The molecule has 0 aromatic heterocycles. The van der Waals surface area contributed by atoms with Crippen LogP contribution in [0.5, 0.6) is 11.5 Å². The van der Waals surface area contributed by atoms with Crippen molar-refractivity contribution in [3.8, 4) is 11.5 Å². The topological polar surface area (TPSA) is 45.8 Å². The number of nitrogens with one attached hydrogen (secondary N) is 2. The Morgan fingerprint density at radius 3 is 1.53 bits per heavy atom. The van der Waals surface area contributed by atoms with Gasteiger partial charge in [-0.2, -0.15) is 0 Å².